The van der Waals surface area contributed by atoms with Gasteiger partial charge in [-0.2, -0.15) is 0 Å². The summed E-state index contributed by atoms with van der Waals surface area (Å²) in [7, 11) is 3.30. The van der Waals surface area contributed by atoms with Gasteiger partial charge < -0.3 is 14.8 Å². The average Bonchev–Trinajstić information content (AvgIpc) is 2.52. The van der Waals surface area contributed by atoms with E-state index in [1.807, 2.05) is 18.2 Å². The highest BCUT2D eigenvalue weighted by molar-refractivity contribution is 8.13. The molecule has 0 radical (unpaired) electrons. The van der Waals surface area contributed by atoms with Crippen molar-refractivity contribution in [3.05, 3.63) is 23.8 Å². The van der Waals surface area contributed by atoms with E-state index in [2.05, 4.69) is 19.2 Å². The van der Waals surface area contributed by atoms with Crippen LogP contribution in [-0.2, 0) is 6.54 Å². The zero-order valence-electron chi connectivity index (χ0n) is 13.2. The van der Waals surface area contributed by atoms with Crippen LogP contribution in [0.2, 0.25) is 0 Å². The minimum absolute atomic E-state index is 0.182. The second-order valence-electron chi connectivity index (χ2n) is 5.45. The molecule has 0 bridgehead atoms. The molecule has 1 aliphatic heterocycles. The van der Waals surface area contributed by atoms with Gasteiger partial charge in [-0.05, 0) is 37.5 Å². The van der Waals surface area contributed by atoms with Crippen molar-refractivity contribution < 1.29 is 9.47 Å². The van der Waals surface area contributed by atoms with Crippen molar-refractivity contribution in [2.75, 3.05) is 20.0 Å². The van der Waals surface area contributed by atoms with E-state index >= 15 is 0 Å². The summed E-state index contributed by atoms with van der Waals surface area (Å²) in [5.74, 6) is 2.62. The molecule has 1 aromatic carbocycles. The summed E-state index contributed by atoms with van der Waals surface area (Å²) >= 11 is 1.80. The van der Waals surface area contributed by atoms with Gasteiger partial charge in [0.25, 0.3) is 0 Å². The highest BCUT2D eigenvalue weighted by Gasteiger charge is 2.27. The van der Waals surface area contributed by atoms with E-state index in [9.17, 15) is 0 Å². The predicted molar refractivity (Wildman–Crippen MR) is 89.6 cm³/mol. The van der Waals surface area contributed by atoms with Gasteiger partial charge in [0.2, 0.25) is 0 Å². The van der Waals surface area contributed by atoms with Gasteiger partial charge in [-0.25, -0.2) is 0 Å². The fourth-order valence-electron chi connectivity index (χ4n) is 2.22. The van der Waals surface area contributed by atoms with Gasteiger partial charge in [-0.15, -0.1) is 0 Å². The Balaban J connectivity index is 2.06. The fourth-order valence-corrected chi connectivity index (χ4v) is 3.44. The molecule has 1 fully saturated rings. The molecule has 0 spiro atoms. The Morgan fingerprint density at radius 1 is 1.29 bits per heavy atom. The van der Waals surface area contributed by atoms with Crippen molar-refractivity contribution in [3.63, 3.8) is 0 Å². The number of nitrogens with one attached hydrogen (secondary N) is 1. The van der Waals surface area contributed by atoms with Crippen molar-refractivity contribution in [1.29, 1.82) is 0 Å². The van der Waals surface area contributed by atoms with Crippen molar-refractivity contribution in [2.45, 2.75) is 38.8 Å². The number of aliphatic imine (C=N–C) groups is 1. The minimum atomic E-state index is 0.182. The molecule has 2 rings (SSSR count). The quantitative estimate of drug-likeness (QED) is 0.904. The molecule has 21 heavy (non-hydrogen) atoms. The molecule has 0 aliphatic carbocycles. The van der Waals surface area contributed by atoms with E-state index < -0.39 is 0 Å². The molecule has 1 N–H and O–H groups in total. The summed E-state index contributed by atoms with van der Waals surface area (Å²) in [5.41, 5.74) is 1.30. The highest BCUT2D eigenvalue weighted by atomic mass is 32.2. The Hall–Kier alpha value is -1.36. The predicted octanol–water partition coefficient (Wildman–Crippen LogP) is 3.46. The van der Waals surface area contributed by atoms with Crippen molar-refractivity contribution >= 4 is 16.9 Å². The number of ether oxygens (including phenoxy) is 2. The number of benzene rings is 1. The number of nitrogens with zero attached hydrogens (tertiary/aromatic N) is 1. The van der Waals surface area contributed by atoms with Crippen molar-refractivity contribution in [3.8, 4) is 11.5 Å². The minimum Gasteiger partial charge on any atom is -0.493 e. The van der Waals surface area contributed by atoms with Gasteiger partial charge in [-0.3, -0.25) is 4.99 Å². The first kappa shape index (κ1) is 16.0. The molecule has 4 nitrogen and oxygen atoms in total. The van der Waals surface area contributed by atoms with Crippen LogP contribution in [0.25, 0.3) is 0 Å². The molecular weight excluding hydrogens is 284 g/mol. The lowest BCUT2D eigenvalue weighted by Gasteiger charge is -2.35. The van der Waals surface area contributed by atoms with E-state index in [0.717, 1.165) is 34.4 Å². The first-order chi connectivity index (χ1) is 10.1. The van der Waals surface area contributed by atoms with E-state index in [4.69, 9.17) is 14.5 Å². The van der Waals surface area contributed by atoms with Crippen LogP contribution in [0, 0.1) is 0 Å². The van der Waals surface area contributed by atoms with Gasteiger partial charge in [0, 0.05) is 11.3 Å². The maximum absolute atomic E-state index is 5.32. The average molecular weight is 308 g/mol. The molecule has 1 atom stereocenters. The van der Waals surface area contributed by atoms with Crippen molar-refractivity contribution in [2.24, 2.45) is 4.99 Å². The second kappa shape index (κ2) is 7.07. The van der Waals surface area contributed by atoms with Crippen LogP contribution in [-0.4, -0.2) is 30.7 Å². The lowest BCUT2D eigenvalue weighted by Crippen LogP contribution is -2.48. The summed E-state index contributed by atoms with van der Waals surface area (Å²) in [4.78, 5) is 4.70. The summed E-state index contributed by atoms with van der Waals surface area (Å²) in [6.45, 7) is 5.13. The number of amidine groups is 1. The third-order valence-corrected chi connectivity index (χ3v) is 4.85. The zero-order chi connectivity index (χ0) is 15.3. The first-order valence-electron chi connectivity index (χ1n) is 7.26. The second-order valence-corrected chi connectivity index (χ2v) is 6.53. The van der Waals surface area contributed by atoms with Crippen molar-refractivity contribution in [1.82, 2.24) is 5.32 Å². The molecule has 1 aliphatic rings. The van der Waals surface area contributed by atoms with E-state index in [0.29, 0.717) is 6.54 Å². The van der Waals surface area contributed by atoms with Crippen LogP contribution in [0.3, 0.4) is 0 Å². The molecule has 0 amide bonds. The maximum atomic E-state index is 5.32. The molecule has 1 heterocycles. The largest absolute Gasteiger partial charge is 0.493 e. The summed E-state index contributed by atoms with van der Waals surface area (Å²) in [6, 6.07) is 5.93. The Morgan fingerprint density at radius 3 is 2.71 bits per heavy atom. The van der Waals surface area contributed by atoms with Gasteiger partial charge >= 0.3 is 0 Å². The number of hydrogen-bond donors (Lipinski definition) is 1. The number of rotatable bonds is 5. The van der Waals surface area contributed by atoms with Gasteiger partial charge in [0.05, 0.1) is 20.8 Å². The Bertz CT molecular complexity index is 519. The molecule has 5 heteroatoms. The Kier molecular flexibility index (Phi) is 5.39. The molecule has 0 saturated carbocycles. The maximum Gasteiger partial charge on any atom is 0.161 e. The lowest BCUT2D eigenvalue weighted by atomic mass is 9.96. The highest BCUT2D eigenvalue weighted by Crippen LogP contribution is 2.28. The number of methoxy groups -OCH3 is 2. The van der Waals surface area contributed by atoms with Gasteiger partial charge in [0.1, 0.15) is 0 Å². The SMILES string of the molecule is CCC1(C)CCSC(=NCc2ccc(OC)c(OC)c2)N1. The van der Waals surface area contributed by atoms with Crippen LogP contribution in [0.15, 0.2) is 23.2 Å². The number of thioether (sulfide) groups is 1. The molecule has 1 saturated heterocycles. The van der Waals surface area contributed by atoms with Crippen LogP contribution >= 0.6 is 11.8 Å². The zero-order valence-corrected chi connectivity index (χ0v) is 14.0. The smallest absolute Gasteiger partial charge is 0.161 e. The third-order valence-electron chi connectivity index (χ3n) is 3.93. The Morgan fingerprint density at radius 2 is 2.05 bits per heavy atom. The molecule has 0 aromatic heterocycles. The molecule has 116 valence electrons. The molecule has 1 aromatic rings. The van der Waals surface area contributed by atoms with Gasteiger partial charge in [0.15, 0.2) is 16.7 Å². The standard InChI is InChI=1S/C16H24N2O2S/c1-5-16(2)8-9-21-15(18-16)17-11-12-6-7-13(19-3)14(10-12)20-4/h6-7,10H,5,8-9,11H2,1-4H3,(H,17,18). The Labute approximate surface area is 131 Å². The fraction of sp³-hybridized carbons (Fsp3) is 0.562. The van der Waals surface area contributed by atoms with E-state index in [1.165, 1.54) is 6.42 Å². The van der Waals surface area contributed by atoms with Crippen LogP contribution in [0.5, 0.6) is 11.5 Å². The summed E-state index contributed by atoms with van der Waals surface area (Å²) in [5, 5.41) is 4.60. The van der Waals surface area contributed by atoms with Crippen LogP contribution in [0.1, 0.15) is 32.3 Å². The normalized spacial score (nSPS) is 23.7. The van der Waals surface area contributed by atoms with Gasteiger partial charge in [-0.1, -0.05) is 24.8 Å². The molecular formula is C16H24N2O2S. The monoisotopic (exact) mass is 308 g/mol. The summed E-state index contributed by atoms with van der Waals surface area (Å²) < 4.78 is 10.6. The lowest BCUT2D eigenvalue weighted by molar-refractivity contribution is 0.354. The van der Waals surface area contributed by atoms with E-state index in [1.54, 1.807) is 26.0 Å². The number of hydrogen-bond acceptors (Lipinski definition) is 4. The first-order valence-corrected chi connectivity index (χ1v) is 8.25. The van der Waals surface area contributed by atoms with Crippen LogP contribution < -0.4 is 14.8 Å². The topological polar surface area (TPSA) is 42.9 Å². The summed E-state index contributed by atoms with van der Waals surface area (Å²) in [6.07, 6.45) is 2.30. The van der Waals surface area contributed by atoms with E-state index in [-0.39, 0.29) is 5.54 Å². The third kappa shape index (κ3) is 4.06. The molecule has 1 unspecified atom stereocenters. The van der Waals surface area contributed by atoms with Crippen LogP contribution in [0.4, 0.5) is 0 Å².